The molecule has 0 unspecified atom stereocenters. The zero-order chi connectivity index (χ0) is 9.97. The van der Waals surface area contributed by atoms with E-state index in [9.17, 15) is 0 Å². The first-order valence-electron chi connectivity index (χ1n) is 4.09. The van der Waals surface area contributed by atoms with E-state index in [1.54, 1.807) is 24.7 Å². The van der Waals surface area contributed by atoms with E-state index in [-0.39, 0.29) is 0 Å². The molecule has 2 rings (SSSR count). The fourth-order valence-electron chi connectivity index (χ4n) is 1.25. The molecule has 4 heteroatoms. The van der Waals surface area contributed by atoms with E-state index in [1.165, 1.54) is 0 Å². The smallest absolute Gasteiger partial charge is 0.132 e. The zero-order valence-electron chi connectivity index (χ0n) is 7.31. The molecule has 2 N–H and O–H groups in total. The van der Waals surface area contributed by atoms with Gasteiger partial charge in [-0.1, -0.05) is 17.7 Å². The molecule has 0 aromatic carbocycles. The van der Waals surface area contributed by atoms with Gasteiger partial charge in [-0.15, -0.1) is 0 Å². The first-order chi connectivity index (χ1) is 6.79. The predicted molar refractivity (Wildman–Crippen MR) is 56.9 cm³/mol. The van der Waals surface area contributed by atoms with Crippen molar-refractivity contribution in [2.75, 3.05) is 5.73 Å². The second-order valence-electron chi connectivity index (χ2n) is 2.79. The third-order valence-electron chi connectivity index (χ3n) is 1.88. The maximum atomic E-state index is 6.02. The maximum Gasteiger partial charge on any atom is 0.132 e. The SMILES string of the molecule is Nc1nccc(Cl)c1-c1cccnc1. The van der Waals surface area contributed by atoms with Crippen molar-refractivity contribution in [3.8, 4) is 11.1 Å². The van der Waals surface area contributed by atoms with Crippen molar-refractivity contribution in [1.29, 1.82) is 0 Å². The van der Waals surface area contributed by atoms with E-state index in [2.05, 4.69) is 9.97 Å². The van der Waals surface area contributed by atoms with Crippen molar-refractivity contribution in [1.82, 2.24) is 9.97 Å². The molecule has 14 heavy (non-hydrogen) atoms. The van der Waals surface area contributed by atoms with Crippen LogP contribution in [-0.4, -0.2) is 9.97 Å². The lowest BCUT2D eigenvalue weighted by Gasteiger charge is -2.05. The van der Waals surface area contributed by atoms with Gasteiger partial charge in [-0.25, -0.2) is 4.98 Å². The number of nitrogen functional groups attached to an aromatic ring is 1. The Balaban J connectivity index is 2.63. The summed E-state index contributed by atoms with van der Waals surface area (Å²) in [5, 5.41) is 0.588. The van der Waals surface area contributed by atoms with Crippen LogP contribution in [0.4, 0.5) is 5.82 Å². The highest BCUT2D eigenvalue weighted by Gasteiger charge is 2.07. The normalized spacial score (nSPS) is 10.1. The van der Waals surface area contributed by atoms with Gasteiger partial charge < -0.3 is 5.73 Å². The van der Waals surface area contributed by atoms with Gasteiger partial charge in [-0.3, -0.25) is 4.98 Å². The molecule has 0 aliphatic rings. The molecule has 2 aromatic rings. The van der Waals surface area contributed by atoms with E-state index in [1.807, 2.05) is 12.1 Å². The molecule has 0 saturated heterocycles. The van der Waals surface area contributed by atoms with E-state index in [4.69, 9.17) is 17.3 Å². The average molecular weight is 206 g/mol. The maximum absolute atomic E-state index is 6.02. The Labute approximate surface area is 86.6 Å². The first kappa shape index (κ1) is 8.97. The lowest BCUT2D eigenvalue weighted by atomic mass is 10.1. The zero-order valence-corrected chi connectivity index (χ0v) is 8.07. The number of nitrogens with two attached hydrogens (primary N) is 1. The Morgan fingerprint density at radius 3 is 2.71 bits per heavy atom. The number of anilines is 1. The summed E-state index contributed by atoms with van der Waals surface area (Å²) in [6.07, 6.45) is 4.99. The number of rotatable bonds is 1. The van der Waals surface area contributed by atoms with Gasteiger partial charge in [0.05, 0.1) is 5.02 Å². The third-order valence-corrected chi connectivity index (χ3v) is 2.19. The Bertz CT molecular complexity index is 422. The van der Waals surface area contributed by atoms with Crippen LogP contribution in [-0.2, 0) is 0 Å². The van der Waals surface area contributed by atoms with E-state index < -0.39 is 0 Å². The second-order valence-corrected chi connectivity index (χ2v) is 3.20. The van der Waals surface area contributed by atoms with Crippen molar-refractivity contribution in [3.63, 3.8) is 0 Å². The molecule has 0 aliphatic carbocycles. The standard InChI is InChI=1S/C10H8ClN3/c11-8-3-5-14-10(12)9(8)7-2-1-4-13-6-7/h1-6H,(H2,12,14). The van der Waals surface area contributed by atoms with Crippen molar-refractivity contribution in [2.24, 2.45) is 0 Å². The third kappa shape index (κ3) is 1.54. The minimum absolute atomic E-state index is 0.422. The molecule has 0 radical (unpaired) electrons. The summed E-state index contributed by atoms with van der Waals surface area (Å²) in [5.41, 5.74) is 7.35. The lowest BCUT2D eigenvalue weighted by molar-refractivity contribution is 1.30. The van der Waals surface area contributed by atoms with Crippen LogP contribution in [0, 0.1) is 0 Å². The number of hydrogen-bond acceptors (Lipinski definition) is 3. The lowest BCUT2D eigenvalue weighted by Crippen LogP contribution is -1.94. The number of halogens is 1. The first-order valence-corrected chi connectivity index (χ1v) is 4.47. The summed E-state index contributed by atoms with van der Waals surface area (Å²) in [6.45, 7) is 0. The molecule has 0 saturated carbocycles. The summed E-state index contributed by atoms with van der Waals surface area (Å²) < 4.78 is 0. The van der Waals surface area contributed by atoms with Gasteiger partial charge in [0.1, 0.15) is 5.82 Å². The highest BCUT2D eigenvalue weighted by molar-refractivity contribution is 6.33. The van der Waals surface area contributed by atoms with Crippen LogP contribution in [0.5, 0.6) is 0 Å². The molecule has 0 fully saturated rings. The summed E-state index contributed by atoms with van der Waals surface area (Å²) in [7, 11) is 0. The van der Waals surface area contributed by atoms with E-state index in [0.717, 1.165) is 11.1 Å². The average Bonchev–Trinajstić information content (AvgIpc) is 2.19. The molecule has 0 atom stereocenters. The van der Waals surface area contributed by atoms with Crippen molar-refractivity contribution in [2.45, 2.75) is 0 Å². The van der Waals surface area contributed by atoms with E-state index in [0.29, 0.717) is 10.8 Å². The van der Waals surface area contributed by atoms with Gasteiger partial charge >= 0.3 is 0 Å². The van der Waals surface area contributed by atoms with Gasteiger partial charge in [0.25, 0.3) is 0 Å². The topological polar surface area (TPSA) is 51.8 Å². The van der Waals surface area contributed by atoms with Crippen LogP contribution in [0.2, 0.25) is 5.02 Å². The van der Waals surface area contributed by atoms with Gasteiger partial charge in [0.15, 0.2) is 0 Å². The summed E-state index contributed by atoms with van der Waals surface area (Å²) in [4.78, 5) is 7.98. The molecular weight excluding hydrogens is 198 g/mol. The van der Waals surface area contributed by atoms with Gasteiger partial charge in [0.2, 0.25) is 0 Å². The van der Waals surface area contributed by atoms with Crippen LogP contribution in [0.3, 0.4) is 0 Å². The Kier molecular flexibility index (Phi) is 2.33. The molecule has 2 heterocycles. The van der Waals surface area contributed by atoms with Gasteiger partial charge in [-0.2, -0.15) is 0 Å². The fraction of sp³-hybridized carbons (Fsp3) is 0. The molecule has 2 aromatic heterocycles. The highest BCUT2D eigenvalue weighted by Crippen LogP contribution is 2.30. The number of nitrogens with zero attached hydrogens (tertiary/aromatic N) is 2. The second kappa shape index (κ2) is 3.64. The van der Waals surface area contributed by atoms with Crippen molar-refractivity contribution in [3.05, 3.63) is 41.8 Å². The van der Waals surface area contributed by atoms with Crippen LogP contribution in [0.25, 0.3) is 11.1 Å². The fourth-order valence-corrected chi connectivity index (χ4v) is 1.51. The van der Waals surface area contributed by atoms with Crippen LogP contribution >= 0.6 is 11.6 Å². The monoisotopic (exact) mass is 205 g/mol. The molecule has 0 spiro atoms. The molecule has 0 amide bonds. The Hall–Kier alpha value is -1.61. The van der Waals surface area contributed by atoms with Crippen LogP contribution in [0.15, 0.2) is 36.8 Å². The minimum atomic E-state index is 0.422. The van der Waals surface area contributed by atoms with Gasteiger partial charge in [0, 0.05) is 29.7 Å². The molecular formula is C10H8ClN3. The van der Waals surface area contributed by atoms with Crippen molar-refractivity contribution < 1.29 is 0 Å². The Morgan fingerprint density at radius 1 is 1.21 bits per heavy atom. The van der Waals surface area contributed by atoms with Gasteiger partial charge in [-0.05, 0) is 12.1 Å². The molecule has 70 valence electrons. The summed E-state index contributed by atoms with van der Waals surface area (Å²) >= 11 is 6.02. The summed E-state index contributed by atoms with van der Waals surface area (Å²) in [6, 6.07) is 5.44. The largest absolute Gasteiger partial charge is 0.383 e. The number of pyridine rings is 2. The molecule has 0 aliphatic heterocycles. The number of aromatic nitrogens is 2. The summed E-state index contributed by atoms with van der Waals surface area (Å²) in [5.74, 6) is 0.422. The van der Waals surface area contributed by atoms with E-state index >= 15 is 0 Å². The predicted octanol–water partition coefficient (Wildman–Crippen LogP) is 2.38. The minimum Gasteiger partial charge on any atom is -0.383 e. The number of hydrogen-bond donors (Lipinski definition) is 1. The molecule has 0 bridgehead atoms. The Morgan fingerprint density at radius 2 is 2.07 bits per heavy atom. The quantitative estimate of drug-likeness (QED) is 0.778. The van der Waals surface area contributed by atoms with Crippen LogP contribution in [0.1, 0.15) is 0 Å². The molecule has 3 nitrogen and oxygen atoms in total. The van der Waals surface area contributed by atoms with Crippen LogP contribution < -0.4 is 5.73 Å². The van der Waals surface area contributed by atoms with Crippen molar-refractivity contribution >= 4 is 17.4 Å². The highest BCUT2D eigenvalue weighted by atomic mass is 35.5.